The molecule has 3 fully saturated rings. The maximum absolute atomic E-state index is 5.55. The van der Waals surface area contributed by atoms with Gasteiger partial charge in [0, 0.05) is 26.2 Å². The number of hydrogen-bond donors (Lipinski definition) is 0. The molecule has 0 aromatic carbocycles. The lowest BCUT2D eigenvalue weighted by Crippen LogP contribution is -2.71. The van der Waals surface area contributed by atoms with E-state index in [2.05, 4.69) is 23.8 Å². The molecule has 3 heteroatoms. The molecule has 0 aromatic heterocycles. The van der Waals surface area contributed by atoms with Gasteiger partial charge in [-0.2, -0.15) is 0 Å². The number of hydrogen-bond acceptors (Lipinski definition) is 3. The SMILES string of the molecule is CC.CCC1CCC(CN2CCN(C)CC23COC3)CC1. The van der Waals surface area contributed by atoms with Crippen LogP contribution in [0.2, 0.25) is 0 Å². The Balaban J connectivity index is 0.000000774. The van der Waals surface area contributed by atoms with Crippen molar-refractivity contribution in [2.75, 3.05) is 46.4 Å². The van der Waals surface area contributed by atoms with Crippen molar-refractivity contribution in [3.8, 4) is 0 Å². The number of ether oxygens (including phenoxy) is 1. The third-order valence-corrected chi connectivity index (χ3v) is 5.75. The predicted molar refractivity (Wildman–Crippen MR) is 89.7 cm³/mol. The zero-order valence-electron chi connectivity index (χ0n) is 14.7. The molecular weight excluding hydrogens is 260 g/mol. The third kappa shape index (κ3) is 4.00. The van der Waals surface area contributed by atoms with E-state index in [1.807, 2.05) is 13.8 Å². The predicted octanol–water partition coefficient (Wildman–Crippen LogP) is 3.25. The lowest BCUT2D eigenvalue weighted by Gasteiger charge is -2.55. The summed E-state index contributed by atoms with van der Waals surface area (Å²) in [6.07, 6.45) is 7.25. The molecule has 3 nitrogen and oxygen atoms in total. The minimum atomic E-state index is 0.370. The van der Waals surface area contributed by atoms with Gasteiger partial charge in [-0.1, -0.05) is 40.0 Å². The Kier molecular flexibility index (Phi) is 6.51. The molecule has 124 valence electrons. The standard InChI is InChI=1S/C16H30N2O.C2H6/c1-3-14-4-6-15(7-5-14)10-18-9-8-17(2)11-16(18)12-19-13-16;1-2/h14-15H,3-13H2,1-2H3;1-2H3. The van der Waals surface area contributed by atoms with E-state index in [1.54, 1.807) is 0 Å². The fraction of sp³-hybridized carbons (Fsp3) is 1.00. The van der Waals surface area contributed by atoms with Gasteiger partial charge in [0.15, 0.2) is 0 Å². The molecule has 0 bridgehead atoms. The van der Waals surface area contributed by atoms with Crippen molar-refractivity contribution in [2.45, 2.75) is 58.4 Å². The summed E-state index contributed by atoms with van der Waals surface area (Å²) in [7, 11) is 2.25. The first kappa shape index (κ1) is 17.2. The highest BCUT2D eigenvalue weighted by Gasteiger charge is 2.47. The summed E-state index contributed by atoms with van der Waals surface area (Å²) in [5.41, 5.74) is 0.370. The van der Waals surface area contributed by atoms with Crippen molar-refractivity contribution in [3.05, 3.63) is 0 Å². The van der Waals surface area contributed by atoms with Crippen molar-refractivity contribution in [3.63, 3.8) is 0 Å². The Hall–Kier alpha value is -0.120. The van der Waals surface area contributed by atoms with Crippen LogP contribution in [0.1, 0.15) is 52.9 Å². The molecule has 0 aromatic rings. The highest BCUT2D eigenvalue weighted by atomic mass is 16.5. The minimum Gasteiger partial charge on any atom is -0.377 e. The highest BCUT2D eigenvalue weighted by molar-refractivity contribution is 5.02. The zero-order valence-corrected chi connectivity index (χ0v) is 14.7. The van der Waals surface area contributed by atoms with Gasteiger partial charge in [0.2, 0.25) is 0 Å². The molecule has 0 N–H and O–H groups in total. The number of likely N-dealkylation sites (N-methyl/N-ethyl adjacent to an activating group) is 1. The van der Waals surface area contributed by atoms with Crippen LogP contribution in [-0.4, -0.2) is 61.8 Å². The van der Waals surface area contributed by atoms with Gasteiger partial charge >= 0.3 is 0 Å². The van der Waals surface area contributed by atoms with Crippen LogP contribution in [0, 0.1) is 11.8 Å². The Labute approximate surface area is 132 Å². The van der Waals surface area contributed by atoms with Crippen LogP contribution >= 0.6 is 0 Å². The summed E-state index contributed by atoms with van der Waals surface area (Å²) >= 11 is 0. The molecule has 0 unspecified atom stereocenters. The average Bonchev–Trinajstić information content (AvgIpc) is 2.50. The largest absolute Gasteiger partial charge is 0.377 e. The van der Waals surface area contributed by atoms with Crippen LogP contribution in [0.15, 0.2) is 0 Å². The molecule has 3 rings (SSSR count). The van der Waals surface area contributed by atoms with Gasteiger partial charge in [0.1, 0.15) is 0 Å². The fourth-order valence-corrected chi connectivity index (χ4v) is 4.24. The molecule has 1 aliphatic carbocycles. The quantitative estimate of drug-likeness (QED) is 0.795. The number of piperazine rings is 1. The first-order valence-electron chi connectivity index (χ1n) is 9.23. The summed E-state index contributed by atoms with van der Waals surface area (Å²) in [5, 5.41) is 0. The maximum atomic E-state index is 5.55. The van der Waals surface area contributed by atoms with Crippen LogP contribution in [0.5, 0.6) is 0 Å². The van der Waals surface area contributed by atoms with E-state index in [-0.39, 0.29) is 0 Å². The van der Waals surface area contributed by atoms with E-state index in [0.29, 0.717) is 5.54 Å². The number of nitrogens with zero attached hydrogens (tertiary/aromatic N) is 2. The summed E-state index contributed by atoms with van der Waals surface area (Å²) < 4.78 is 5.55. The summed E-state index contributed by atoms with van der Waals surface area (Å²) in [6, 6.07) is 0. The normalized spacial score (nSPS) is 33.1. The highest BCUT2D eigenvalue weighted by Crippen LogP contribution is 2.35. The molecule has 2 saturated heterocycles. The number of rotatable bonds is 3. The molecule has 2 aliphatic heterocycles. The first-order valence-corrected chi connectivity index (χ1v) is 9.23. The van der Waals surface area contributed by atoms with Gasteiger partial charge < -0.3 is 9.64 Å². The second kappa shape index (κ2) is 7.94. The van der Waals surface area contributed by atoms with Crippen LogP contribution in [0.4, 0.5) is 0 Å². The van der Waals surface area contributed by atoms with Crippen LogP contribution in [0.25, 0.3) is 0 Å². The second-order valence-electron chi connectivity index (χ2n) is 7.20. The Morgan fingerprint density at radius 3 is 2.14 bits per heavy atom. The minimum absolute atomic E-state index is 0.370. The molecule has 21 heavy (non-hydrogen) atoms. The van der Waals surface area contributed by atoms with Gasteiger partial charge in [0.25, 0.3) is 0 Å². The van der Waals surface area contributed by atoms with Crippen molar-refractivity contribution in [2.24, 2.45) is 11.8 Å². The molecule has 0 amide bonds. The molecule has 1 spiro atoms. The average molecular weight is 296 g/mol. The second-order valence-corrected chi connectivity index (χ2v) is 7.20. The van der Waals surface area contributed by atoms with Crippen LogP contribution in [0.3, 0.4) is 0 Å². The van der Waals surface area contributed by atoms with E-state index < -0.39 is 0 Å². The summed E-state index contributed by atoms with van der Waals surface area (Å²) in [6.45, 7) is 13.3. The summed E-state index contributed by atoms with van der Waals surface area (Å²) in [4.78, 5) is 5.25. The van der Waals surface area contributed by atoms with Crippen molar-refractivity contribution < 1.29 is 4.74 Å². The molecule has 0 atom stereocenters. The fourth-order valence-electron chi connectivity index (χ4n) is 4.24. The Morgan fingerprint density at radius 1 is 1.00 bits per heavy atom. The van der Waals surface area contributed by atoms with Gasteiger partial charge in [-0.3, -0.25) is 4.90 Å². The Morgan fingerprint density at radius 2 is 1.62 bits per heavy atom. The van der Waals surface area contributed by atoms with Crippen LogP contribution < -0.4 is 0 Å². The molecular formula is C18H36N2O. The van der Waals surface area contributed by atoms with E-state index in [0.717, 1.165) is 25.0 Å². The smallest absolute Gasteiger partial charge is 0.0807 e. The lowest BCUT2D eigenvalue weighted by atomic mass is 9.79. The van der Waals surface area contributed by atoms with Crippen molar-refractivity contribution in [1.29, 1.82) is 0 Å². The van der Waals surface area contributed by atoms with Crippen molar-refractivity contribution >= 4 is 0 Å². The van der Waals surface area contributed by atoms with Crippen molar-refractivity contribution in [1.82, 2.24) is 9.80 Å². The third-order valence-electron chi connectivity index (χ3n) is 5.75. The van der Waals surface area contributed by atoms with E-state index in [9.17, 15) is 0 Å². The van der Waals surface area contributed by atoms with Gasteiger partial charge in [0.05, 0.1) is 18.8 Å². The molecule has 1 saturated carbocycles. The monoisotopic (exact) mass is 296 g/mol. The van der Waals surface area contributed by atoms with E-state index in [1.165, 1.54) is 58.3 Å². The first-order chi connectivity index (χ1) is 10.2. The van der Waals surface area contributed by atoms with Gasteiger partial charge in [-0.15, -0.1) is 0 Å². The maximum Gasteiger partial charge on any atom is 0.0807 e. The van der Waals surface area contributed by atoms with Gasteiger partial charge in [-0.25, -0.2) is 0 Å². The Bertz CT molecular complexity index is 296. The van der Waals surface area contributed by atoms with E-state index >= 15 is 0 Å². The molecule has 3 aliphatic rings. The lowest BCUT2D eigenvalue weighted by molar-refractivity contribution is -0.170. The van der Waals surface area contributed by atoms with Gasteiger partial charge in [-0.05, 0) is 31.7 Å². The topological polar surface area (TPSA) is 15.7 Å². The summed E-state index contributed by atoms with van der Waals surface area (Å²) in [5.74, 6) is 1.97. The van der Waals surface area contributed by atoms with E-state index in [4.69, 9.17) is 4.74 Å². The zero-order chi connectivity index (χ0) is 15.3. The molecule has 0 radical (unpaired) electrons. The molecule has 2 heterocycles. The van der Waals surface area contributed by atoms with Crippen LogP contribution in [-0.2, 0) is 4.74 Å².